The molecule has 4 heteroatoms. The number of nitroso groups, excluding NO2 is 1. The smallest absolute Gasteiger partial charge is 0.0750 e. The van der Waals surface area contributed by atoms with Crippen LogP contribution in [0.1, 0.15) is 0 Å². The van der Waals surface area contributed by atoms with Crippen LogP contribution in [0.3, 0.4) is 0 Å². The Morgan fingerprint density at radius 2 is 1.71 bits per heavy atom. The molecule has 68 valence electrons. The van der Waals surface area contributed by atoms with Crippen LogP contribution in [0.4, 0.5) is 0 Å². The molecular formula is C10H8CeN2O. The van der Waals surface area contributed by atoms with Gasteiger partial charge in [0.1, 0.15) is 0 Å². The topological polar surface area (TPSA) is 34.4 Å². The quantitative estimate of drug-likeness (QED) is 0.785. The molecule has 1 aromatic heterocycles. The molecule has 0 amide bonds. The first-order valence-corrected chi connectivity index (χ1v) is 3.98. The summed E-state index contributed by atoms with van der Waals surface area (Å²) in [5, 5.41) is 2.87. The largest absolute Gasteiger partial charge is 0.204 e. The van der Waals surface area contributed by atoms with Crippen LogP contribution < -0.4 is 0 Å². The molecule has 0 fully saturated rings. The van der Waals surface area contributed by atoms with Gasteiger partial charge < -0.3 is 0 Å². The number of hydrogen-bond donors (Lipinski definition) is 0. The van der Waals surface area contributed by atoms with Gasteiger partial charge in [0.15, 0.2) is 0 Å². The van der Waals surface area contributed by atoms with E-state index in [4.69, 9.17) is 0 Å². The van der Waals surface area contributed by atoms with Gasteiger partial charge in [0.05, 0.1) is 11.0 Å². The standard InChI is InChI=1S/C10H8N2O.Ce/c13-11-12-8-4-7-10(12)9-5-2-1-3-6-9;/h1-8H;. The van der Waals surface area contributed by atoms with Crippen molar-refractivity contribution in [3.8, 4) is 11.3 Å². The van der Waals surface area contributed by atoms with Crippen molar-refractivity contribution in [1.29, 1.82) is 0 Å². The molecule has 0 bridgehead atoms. The minimum Gasteiger partial charge on any atom is -0.204 e. The monoisotopic (exact) mass is 312 g/mol. The maximum Gasteiger partial charge on any atom is 0.0750 e. The van der Waals surface area contributed by atoms with Gasteiger partial charge in [-0.2, -0.15) is 0 Å². The number of benzene rings is 1. The maximum absolute atomic E-state index is 10.4. The second-order valence-electron chi connectivity index (χ2n) is 2.69. The van der Waals surface area contributed by atoms with Gasteiger partial charge in [-0.25, -0.2) is 4.68 Å². The fourth-order valence-electron chi connectivity index (χ4n) is 1.28. The molecule has 0 radical (unpaired) electrons. The average molecular weight is 312 g/mol. The minimum atomic E-state index is 0. The Morgan fingerprint density at radius 3 is 2.36 bits per heavy atom. The van der Waals surface area contributed by atoms with Crippen molar-refractivity contribution >= 4 is 0 Å². The first-order chi connectivity index (χ1) is 6.42. The van der Waals surface area contributed by atoms with Crippen molar-refractivity contribution < 1.29 is 41.7 Å². The first-order valence-electron chi connectivity index (χ1n) is 3.98. The number of aromatic nitrogens is 1. The molecule has 2 aromatic rings. The summed E-state index contributed by atoms with van der Waals surface area (Å²) < 4.78 is 1.31. The molecule has 0 unspecified atom stereocenters. The van der Waals surface area contributed by atoms with Crippen LogP contribution in [0.2, 0.25) is 0 Å². The van der Waals surface area contributed by atoms with Gasteiger partial charge in [0, 0.05) is 53.5 Å². The Labute approximate surface area is 115 Å². The molecule has 0 saturated carbocycles. The predicted octanol–water partition coefficient (Wildman–Crippen LogP) is 2.68. The molecule has 0 N–H and O–H groups in total. The fourth-order valence-corrected chi connectivity index (χ4v) is 1.28. The zero-order chi connectivity index (χ0) is 9.10. The molecule has 1 aromatic carbocycles. The van der Waals surface area contributed by atoms with Gasteiger partial charge in [-0.05, 0) is 12.1 Å². The summed E-state index contributed by atoms with van der Waals surface area (Å²) in [7, 11) is 0. The molecule has 2 rings (SSSR count). The van der Waals surface area contributed by atoms with Gasteiger partial charge >= 0.3 is 0 Å². The molecule has 0 aliphatic carbocycles. The number of hydrogen-bond acceptors (Lipinski definition) is 2. The Balaban J connectivity index is 0.000000980. The zero-order valence-electron chi connectivity index (χ0n) is 7.42. The molecule has 14 heavy (non-hydrogen) atoms. The molecular weight excluding hydrogens is 304 g/mol. The average Bonchev–Trinajstić information content (AvgIpc) is 2.67. The predicted molar refractivity (Wildman–Crippen MR) is 51.1 cm³/mol. The van der Waals surface area contributed by atoms with Crippen molar-refractivity contribution in [2.75, 3.05) is 0 Å². The van der Waals surface area contributed by atoms with Gasteiger partial charge in [-0.15, -0.1) is 4.91 Å². The second-order valence-corrected chi connectivity index (χ2v) is 2.69. The van der Waals surface area contributed by atoms with E-state index >= 15 is 0 Å². The van der Waals surface area contributed by atoms with Crippen molar-refractivity contribution in [2.24, 2.45) is 5.29 Å². The third-order valence-electron chi connectivity index (χ3n) is 1.89. The summed E-state index contributed by atoms with van der Waals surface area (Å²) in [4.78, 5) is 10.4. The normalized spacial score (nSPS) is 9.14. The Morgan fingerprint density at radius 1 is 1.00 bits per heavy atom. The zero-order valence-corrected chi connectivity index (χ0v) is 10.6. The Hall–Kier alpha value is -0.523. The first kappa shape index (κ1) is 11.6. The van der Waals surface area contributed by atoms with E-state index in [0.717, 1.165) is 11.3 Å². The molecule has 0 spiro atoms. The van der Waals surface area contributed by atoms with Crippen molar-refractivity contribution in [3.05, 3.63) is 53.6 Å². The van der Waals surface area contributed by atoms with Crippen LogP contribution in [0.25, 0.3) is 11.3 Å². The fraction of sp³-hybridized carbons (Fsp3) is 0. The van der Waals surface area contributed by atoms with Crippen LogP contribution in [-0.2, 0) is 0 Å². The third-order valence-corrected chi connectivity index (χ3v) is 1.89. The van der Waals surface area contributed by atoms with Gasteiger partial charge in [-0.3, -0.25) is 0 Å². The molecule has 0 atom stereocenters. The van der Waals surface area contributed by atoms with Crippen LogP contribution >= 0.6 is 0 Å². The molecule has 0 aliphatic rings. The summed E-state index contributed by atoms with van der Waals surface area (Å²) in [6.07, 6.45) is 1.63. The third kappa shape index (κ3) is 2.29. The van der Waals surface area contributed by atoms with E-state index in [-0.39, 0.29) is 41.7 Å². The molecule has 0 aliphatic heterocycles. The van der Waals surface area contributed by atoms with E-state index in [9.17, 15) is 4.91 Å². The van der Waals surface area contributed by atoms with Crippen LogP contribution in [0.15, 0.2) is 53.9 Å². The SMILES string of the molecule is O=Nn1cccc1-c1ccccc1.[Ce]. The second kappa shape index (κ2) is 5.38. The van der Waals surface area contributed by atoms with Gasteiger partial charge in [0.2, 0.25) is 0 Å². The van der Waals surface area contributed by atoms with Gasteiger partial charge in [-0.1, -0.05) is 30.3 Å². The molecule has 3 nitrogen and oxygen atoms in total. The van der Waals surface area contributed by atoms with E-state index in [0.29, 0.717) is 0 Å². The molecule has 1 heterocycles. The van der Waals surface area contributed by atoms with Crippen molar-refractivity contribution in [2.45, 2.75) is 0 Å². The van der Waals surface area contributed by atoms with Crippen LogP contribution in [0, 0.1) is 46.7 Å². The van der Waals surface area contributed by atoms with E-state index in [1.807, 2.05) is 36.4 Å². The Bertz CT molecular complexity index is 411. The maximum atomic E-state index is 10.4. The summed E-state index contributed by atoms with van der Waals surface area (Å²) in [6.45, 7) is 0. The summed E-state index contributed by atoms with van der Waals surface area (Å²) in [5.41, 5.74) is 1.81. The van der Waals surface area contributed by atoms with E-state index in [1.165, 1.54) is 4.68 Å². The minimum absolute atomic E-state index is 0. The molecule has 0 saturated heterocycles. The van der Waals surface area contributed by atoms with Crippen LogP contribution in [-0.4, -0.2) is 4.68 Å². The summed E-state index contributed by atoms with van der Waals surface area (Å²) >= 11 is 0. The van der Waals surface area contributed by atoms with E-state index < -0.39 is 0 Å². The van der Waals surface area contributed by atoms with Crippen LogP contribution in [0.5, 0.6) is 0 Å². The summed E-state index contributed by atoms with van der Waals surface area (Å²) in [6, 6.07) is 13.3. The van der Waals surface area contributed by atoms with E-state index in [1.54, 1.807) is 12.3 Å². The van der Waals surface area contributed by atoms with E-state index in [2.05, 4.69) is 5.29 Å². The van der Waals surface area contributed by atoms with Crippen molar-refractivity contribution in [3.63, 3.8) is 0 Å². The van der Waals surface area contributed by atoms with Crippen molar-refractivity contribution in [1.82, 2.24) is 4.68 Å². The number of rotatable bonds is 2. The number of nitrogens with zero attached hydrogens (tertiary/aromatic N) is 2. The summed E-state index contributed by atoms with van der Waals surface area (Å²) in [5.74, 6) is 0. The van der Waals surface area contributed by atoms with Gasteiger partial charge in [0.25, 0.3) is 0 Å². The Kier molecular flexibility index (Phi) is 4.44.